The third kappa shape index (κ3) is 6.44. The molecule has 2 aromatic rings. The summed E-state index contributed by atoms with van der Waals surface area (Å²) in [7, 11) is 0. The monoisotopic (exact) mass is 849 g/mol. The Bertz CT molecular complexity index is 1500. The normalized spacial score (nSPS) is 16.7. The van der Waals surface area contributed by atoms with E-state index in [0.717, 1.165) is 0 Å². The van der Waals surface area contributed by atoms with Gasteiger partial charge in [0.25, 0.3) is 0 Å². The molecule has 0 radical (unpaired) electrons. The molecule has 0 amide bonds. The number of hydrogen-bond donors (Lipinski definition) is 2. The summed E-state index contributed by atoms with van der Waals surface area (Å²) in [5.74, 6) is -77.8. The van der Waals surface area contributed by atoms with Gasteiger partial charge in [-0.05, 0) is 11.1 Å². The van der Waals surface area contributed by atoms with Crippen molar-refractivity contribution in [2.75, 3.05) is 0 Å². The van der Waals surface area contributed by atoms with Crippen LogP contribution in [0.1, 0.15) is 34.4 Å². The van der Waals surface area contributed by atoms with Crippen LogP contribution in [0.5, 0.6) is 0 Å². The number of halogens is 26. The Hall–Kier alpha value is -3.46. The molecule has 0 heterocycles. The van der Waals surface area contributed by atoms with Crippen molar-refractivity contribution in [3.05, 3.63) is 70.8 Å². The van der Waals surface area contributed by atoms with Crippen LogP contribution in [0.25, 0.3) is 0 Å². The van der Waals surface area contributed by atoms with Crippen molar-refractivity contribution in [2.24, 2.45) is 5.73 Å². The summed E-state index contributed by atoms with van der Waals surface area (Å²) < 4.78 is 349. The van der Waals surface area contributed by atoms with E-state index < -0.39 is 130 Å². The molecule has 28 heteroatoms. The van der Waals surface area contributed by atoms with E-state index in [0.29, 0.717) is 0 Å². The number of rotatable bonds is 13. The van der Waals surface area contributed by atoms with Gasteiger partial charge in [-0.2, -0.15) is 114 Å². The number of aliphatic hydroxyl groups is 1. The second kappa shape index (κ2) is 13.1. The van der Waals surface area contributed by atoms with Crippen molar-refractivity contribution in [1.82, 2.24) is 0 Å². The van der Waals surface area contributed by atoms with Crippen molar-refractivity contribution in [3.8, 4) is 0 Å². The first-order valence-corrected chi connectivity index (χ1v) is 13.1. The molecule has 2 atom stereocenters. The van der Waals surface area contributed by atoms with E-state index in [2.05, 4.69) is 0 Å². The molecule has 2 nitrogen and oxygen atoms in total. The van der Waals surface area contributed by atoms with Gasteiger partial charge in [-0.3, -0.25) is 0 Å². The number of aliphatic hydroxyl groups excluding tert-OH is 1. The molecular weight excluding hydrogens is 836 g/mol. The largest absolute Gasteiger partial charge is 0.460 e. The highest BCUT2D eigenvalue weighted by Crippen LogP contribution is 2.63. The van der Waals surface area contributed by atoms with Gasteiger partial charge in [0.2, 0.25) is 0 Å². The standard InChI is InChI=1S/C26H13F26NO/c27-15(28,17(31,32)19(35,36)21(39,40)23(43,44)25(47,48)49)11-5-1-9(2-6-11)13(53)14(54)10-3-7-12(8-4-10)16(29,30)18(33,34)20(37,38)22(41,42)24(45,46)26(50,51)52/h1-8,13-14,54H,53H2/t13-,14+/m0/s1. The quantitative estimate of drug-likeness (QED) is 0.197. The van der Waals surface area contributed by atoms with Crippen molar-refractivity contribution in [2.45, 2.75) is 83.7 Å². The number of alkyl halides is 26. The molecule has 310 valence electrons. The van der Waals surface area contributed by atoms with E-state index in [1.165, 1.54) is 0 Å². The Labute approximate surface area is 280 Å². The lowest BCUT2D eigenvalue weighted by molar-refractivity contribution is -0.441. The van der Waals surface area contributed by atoms with E-state index in [-0.39, 0.29) is 24.3 Å². The van der Waals surface area contributed by atoms with Crippen LogP contribution in [0.15, 0.2) is 48.5 Å². The number of benzene rings is 2. The molecule has 0 unspecified atom stereocenters. The molecule has 54 heavy (non-hydrogen) atoms. The van der Waals surface area contributed by atoms with Gasteiger partial charge in [0.05, 0.1) is 12.1 Å². The highest BCUT2D eigenvalue weighted by atomic mass is 19.4. The minimum atomic E-state index is -8.22. The maximum absolute atomic E-state index is 14.4. The van der Waals surface area contributed by atoms with Gasteiger partial charge in [0.1, 0.15) is 0 Å². The molecule has 0 aliphatic rings. The Balaban J connectivity index is 2.44. The molecule has 2 rings (SSSR count). The van der Waals surface area contributed by atoms with Crippen molar-refractivity contribution in [1.29, 1.82) is 0 Å². The predicted octanol–water partition coefficient (Wildman–Crippen LogP) is 10.8. The van der Waals surface area contributed by atoms with E-state index in [1.54, 1.807) is 0 Å². The van der Waals surface area contributed by atoms with Crippen LogP contribution in [0.4, 0.5) is 114 Å². The Morgan fingerprint density at radius 2 is 0.556 bits per heavy atom. The number of nitrogens with two attached hydrogens (primary N) is 1. The Kier molecular flexibility index (Phi) is 11.3. The zero-order chi connectivity index (χ0) is 43.1. The van der Waals surface area contributed by atoms with Crippen LogP contribution in [-0.2, 0) is 11.8 Å². The van der Waals surface area contributed by atoms with Crippen LogP contribution < -0.4 is 5.73 Å². The second-order valence-corrected chi connectivity index (χ2v) is 11.0. The van der Waals surface area contributed by atoms with Crippen molar-refractivity contribution in [3.63, 3.8) is 0 Å². The fourth-order valence-corrected chi connectivity index (χ4v) is 4.10. The van der Waals surface area contributed by atoms with E-state index in [9.17, 15) is 119 Å². The fraction of sp³-hybridized carbons (Fsp3) is 0.538. The van der Waals surface area contributed by atoms with Crippen molar-refractivity contribution >= 4 is 0 Å². The molecule has 0 aliphatic carbocycles. The first-order valence-electron chi connectivity index (χ1n) is 13.1. The zero-order valence-electron chi connectivity index (χ0n) is 24.6. The summed E-state index contributed by atoms with van der Waals surface area (Å²) in [5.41, 5.74) is -1.33. The van der Waals surface area contributed by atoms with E-state index in [4.69, 9.17) is 5.73 Å². The van der Waals surface area contributed by atoms with E-state index in [1.807, 2.05) is 0 Å². The summed E-state index contributed by atoms with van der Waals surface area (Å²) in [6, 6.07) is -3.76. The Morgan fingerprint density at radius 1 is 0.333 bits per heavy atom. The summed E-state index contributed by atoms with van der Waals surface area (Å²) in [4.78, 5) is 0. The van der Waals surface area contributed by atoms with Crippen LogP contribution in [0.3, 0.4) is 0 Å². The van der Waals surface area contributed by atoms with Crippen LogP contribution in [0.2, 0.25) is 0 Å². The lowest BCUT2D eigenvalue weighted by atomic mass is 9.88. The average molecular weight is 849 g/mol. The van der Waals surface area contributed by atoms with Crippen molar-refractivity contribution < 1.29 is 119 Å². The summed E-state index contributed by atoms with van der Waals surface area (Å²) in [6.45, 7) is 0. The fourth-order valence-electron chi connectivity index (χ4n) is 4.10. The smallest absolute Gasteiger partial charge is 0.386 e. The highest BCUT2D eigenvalue weighted by molar-refractivity contribution is 5.35. The summed E-state index contributed by atoms with van der Waals surface area (Å²) in [5, 5.41) is 10.3. The minimum absolute atomic E-state index is 0.00646. The second-order valence-electron chi connectivity index (χ2n) is 11.0. The molecule has 0 spiro atoms. The zero-order valence-corrected chi connectivity index (χ0v) is 24.6. The molecular formula is C26H13F26NO. The minimum Gasteiger partial charge on any atom is -0.386 e. The predicted molar refractivity (Wildman–Crippen MR) is 124 cm³/mol. The highest BCUT2D eigenvalue weighted by Gasteiger charge is 2.92. The first kappa shape index (κ1) is 46.7. The van der Waals surface area contributed by atoms with Gasteiger partial charge in [-0.25, -0.2) is 0 Å². The molecule has 0 bridgehead atoms. The lowest BCUT2D eigenvalue weighted by Gasteiger charge is -2.39. The summed E-state index contributed by atoms with van der Waals surface area (Å²) in [6.07, 6.45) is -17.8. The molecule has 0 aromatic heterocycles. The lowest BCUT2D eigenvalue weighted by Crippen LogP contribution is -2.69. The van der Waals surface area contributed by atoms with Crippen LogP contribution in [0, 0.1) is 0 Å². The number of hydrogen-bond acceptors (Lipinski definition) is 2. The Morgan fingerprint density at radius 3 is 0.796 bits per heavy atom. The third-order valence-electron chi connectivity index (χ3n) is 7.48. The van der Waals surface area contributed by atoms with Gasteiger partial charge in [0.15, 0.2) is 0 Å². The van der Waals surface area contributed by atoms with E-state index >= 15 is 0 Å². The summed E-state index contributed by atoms with van der Waals surface area (Å²) >= 11 is 0. The van der Waals surface area contributed by atoms with Crippen LogP contribution in [-0.4, -0.2) is 64.8 Å². The van der Waals surface area contributed by atoms with Gasteiger partial charge >= 0.3 is 71.6 Å². The molecule has 0 aliphatic heterocycles. The first-order chi connectivity index (χ1) is 23.5. The topological polar surface area (TPSA) is 46.2 Å². The SMILES string of the molecule is N[C@@H](c1ccc(C(F)(F)C(F)(F)C(F)(F)C(F)(F)C(F)(F)C(F)(F)F)cc1)[C@H](O)c1ccc(C(F)(F)C(F)(F)C(F)(F)C(F)(F)C(F)(F)C(F)(F)F)cc1. The molecule has 0 saturated carbocycles. The molecule has 0 saturated heterocycles. The van der Waals surface area contributed by atoms with Gasteiger partial charge in [-0.1, -0.05) is 48.5 Å². The third-order valence-corrected chi connectivity index (χ3v) is 7.48. The maximum Gasteiger partial charge on any atom is 0.460 e. The average Bonchev–Trinajstić information content (AvgIpc) is 3.02. The van der Waals surface area contributed by atoms with Gasteiger partial charge in [-0.15, -0.1) is 0 Å². The molecule has 0 fully saturated rings. The van der Waals surface area contributed by atoms with Gasteiger partial charge in [0, 0.05) is 11.1 Å². The molecule has 2 aromatic carbocycles. The van der Waals surface area contributed by atoms with Crippen LogP contribution >= 0.6 is 0 Å². The maximum atomic E-state index is 14.4. The van der Waals surface area contributed by atoms with Gasteiger partial charge < -0.3 is 10.8 Å². The molecule has 3 N–H and O–H groups in total.